The number of hydrogen-bond donors (Lipinski definition) is 1. The third-order valence-electron chi connectivity index (χ3n) is 7.23. The minimum absolute atomic E-state index is 0.177. The smallest absolute Gasteiger partial charge is 0.224 e. The maximum Gasteiger partial charge on any atom is 0.224 e. The highest BCUT2D eigenvalue weighted by Gasteiger charge is 2.50. The van der Waals surface area contributed by atoms with Crippen LogP contribution in [0.4, 0.5) is 0 Å². The fraction of sp³-hybridized carbons (Fsp3) is 0.818. The molecule has 144 valence electrons. The van der Waals surface area contributed by atoms with Gasteiger partial charge in [-0.25, -0.2) is 0 Å². The Bertz CT molecular complexity index is 653. The number of amides is 1. The minimum Gasteiger partial charge on any atom is -0.355 e. The summed E-state index contributed by atoms with van der Waals surface area (Å²) in [4.78, 5) is 12.7. The molecule has 0 aliphatic heterocycles. The first-order valence-corrected chi connectivity index (χ1v) is 10.6. The van der Waals surface area contributed by atoms with Crippen molar-refractivity contribution in [3.8, 4) is 0 Å². The molecule has 4 aliphatic carbocycles. The lowest BCUT2D eigenvalue weighted by Crippen LogP contribution is -2.51. The molecule has 4 aliphatic rings. The molecule has 1 aromatic heterocycles. The van der Waals surface area contributed by atoms with E-state index in [-0.39, 0.29) is 5.91 Å². The lowest BCUT2D eigenvalue weighted by atomic mass is 9.49. The normalized spacial score (nSPS) is 32.4. The second-order valence-electron chi connectivity index (χ2n) is 10.1. The van der Waals surface area contributed by atoms with E-state index in [1.807, 2.05) is 6.92 Å². The average molecular weight is 358 g/mol. The van der Waals surface area contributed by atoms with Gasteiger partial charge in [0.25, 0.3) is 0 Å². The van der Waals surface area contributed by atoms with Crippen molar-refractivity contribution in [3.05, 3.63) is 17.0 Å². The standard InChI is InChI=1S/C22H35N3O/c1-14(2)12-25-16(4)20(15(3)24-25)8-21(26)23-13-22-9-17-5-18(10-22)7-19(6-17)11-22/h14,17-19H,5-13H2,1-4H3,(H,23,26). The fourth-order valence-corrected chi connectivity index (χ4v) is 6.53. The Hall–Kier alpha value is -1.32. The third kappa shape index (κ3) is 3.44. The second-order valence-corrected chi connectivity index (χ2v) is 10.1. The number of hydrogen-bond acceptors (Lipinski definition) is 2. The zero-order chi connectivity index (χ0) is 18.5. The van der Waals surface area contributed by atoms with Crippen molar-refractivity contribution in [1.29, 1.82) is 0 Å². The van der Waals surface area contributed by atoms with Gasteiger partial charge >= 0.3 is 0 Å². The van der Waals surface area contributed by atoms with Crippen molar-refractivity contribution >= 4 is 5.91 Å². The third-order valence-corrected chi connectivity index (χ3v) is 7.23. The molecule has 4 fully saturated rings. The molecule has 0 atom stereocenters. The van der Waals surface area contributed by atoms with E-state index < -0.39 is 0 Å². The number of aryl methyl sites for hydroxylation is 1. The van der Waals surface area contributed by atoms with Gasteiger partial charge < -0.3 is 5.32 Å². The Morgan fingerprint density at radius 3 is 2.27 bits per heavy atom. The van der Waals surface area contributed by atoms with Crippen LogP contribution < -0.4 is 5.32 Å². The number of rotatable bonds is 6. The first-order valence-electron chi connectivity index (χ1n) is 10.6. The van der Waals surface area contributed by atoms with Crippen LogP contribution in [0.2, 0.25) is 0 Å². The zero-order valence-corrected chi connectivity index (χ0v) is 17.0. The van der Waals surface area contributed by atoms with E-state index in [0.29, 0.717) is 17.8 Å². The largest absolute Gasteiger partial charge is 0.355 e. The van der Waals surface area contributed by atoms with Gasteiger partial charge in [-0.1, -0.05) is 13.8 Å². The molecule has 4 saturated carbocycles. The Balaban J connectivity index is 1.37. The molecule has 4 bridgehead atoms. The maximum atomic E-state index is 12.7. The summed E-state index contributed by atoms with van der Waals surface area (Å²) < 4.78 is 2.07. The molecule has 0 aromatic carbocycles. The van der Waals surface area contributed by atoms with Gasteiger partial charge in [0.1, 0.15) is 0 Å². The molecule has 1 aromatic rings. The second kappa shape index (κ2) is 6.69. The van der Waals surface area contributed by atoms with Gasteiger partial charge in [-0.2, -0.15) is 5.10 Å². The van der Waals surface area contributed by atoms with E-state index in [0.717, 1.165) is 47.8 Å². The van der Waals surface area contributed by atoms with Crippen molar-refractivity contribution in [2.45, 2.75) is 79.2 Å². The monoisotopic (exact) mass is 357 g/mol. The van der Waals surface area contributed by atoms with E-state index in [1.54, 1.807) is 0 Å². The van der Waals surface area contributed by atoms with Crippen molar-refractivity contribution in [1.82, 2.24) is 15.1 Å². The van der Waals surface area contributed by atoms with Crippen molar-refractivity contribution in [3.63, 3.8) is 0 Å². The lowest BCUT2D eigenvalue weighted by molar-refractivity contribution is -0.122. The average Bonchev–Trinajstić information content (AvgIpc) is 2.79. The van der Waals surface area contributed by atoms with Gasteiger partial charge in [-0.15, -0.1) is 0 Å². The maximum absolute atomic E-state index is 12.7. The highest BCUT2D eigenvalue weighted by atomic mass is 16.1. The Kier molecular flexibility index (Phi) is 4.65. The van der Waals surface area contributed by atoms with Crippen LogP contribution in [0.5, 0.6) is 0 Å². The van der Waals surface area contributed by atoms with E-state index in [1.165, 1.54) is 38.5 Å². The van der Waals surface area contributed by atoms with Crippen LogP contribution in [0, 0.1) is 42.9 Å². The molecule has 1 heterocycles. The summed E-state index contributed by atoms with van der Waals surface area (Å²) in [6.45, 7) is 10.4. The summed E-state index contributed by atoms with van der Waals surface area (Å²) in [7, 11) is 0. The number of carbonyl (C=O) groups excluding carboxylic acids is 1. The summed E-state index contributed by atoms with van der Waals surface area (Å²) in [6.07, 6.45) is 8.90. The Morgan fingerprint density at radius 2 is 1.73 bits per heavy atom. The van der Waals surface area contributed by atoms with Crippen LogP contribution >= 0.6 is 0 Å². The predicted octanol–water partition coefficient (Wildman–Crippen LogP) is 4.03. The molecule has 0 radical (unpaired) electrons. The van der Waals surface area contributed by atoms with Crippen molar-refractivity contribution < 1.29 is 4.79 Å². The quantitative estimate of drug-likeness (QED) is 0.835. The Labute approximate surface area is 158 Å². The van der Waals surface area contributed by atoms with E-state index >= 15 is 0 Å². The van der Waals surface area contributed by atoms with Gasteiger partial charge in [-0.05, 0) is 81.5 Å². The molecular formula is C22H35N3O. The SMILES string of the molecule is Cc1nn(CC(C)C)c(C)c1CC(=O)NCC12CC3CC(CC(C3)C1)C2. The first-order chi connectivity index (χ1) is 12.3. The molecule has 4 nitrogen and oxygen atoms in total. The van der Waals surface area contributed by atoms with Crippen LogP contribution in [0.25, 0.3) is 0 Å². The summed E-state index contributed by atoms with van der Waals surface area (Å²) in [6, 6.07) is 0. The Morgan fingerprint density at radius 1 is 1.15 bits per heavy atom. The summed E-state index contributed by atoms with van der Waals surface area (Å²) in [5.41, 5.74) is 3.69. The summed E-state index contributed by atoms with van der Waals surface area (Å²) in [5.74, 6) is 3.56. The van der Waals surface area contributed by atoms with E-state index in [2.05, 4.69) is 35.9 Å². The molecule has 0 spiro atoms. The molecule has 1 N–H and O–H groups in total. The number of carbonyl (C=O) groups is 1. The number of aromatic nitrogens is 2. The molecule has 4 heteroatoms. The lowest BCUT2D eigenvalue weighted by Gasteiger charge is -2.56. The molecule has 26 heavy (non-hydrogen) atoms. The van der Waals surface area contributed by atoms with Gasteiger partial charge in [0.15, 0.2) is 0 Å². The van der Waals surface area contributed by atoms with Gasteiger partial charge in [0, 0.05) is 24.3 Å². The topological polar surface area (TPSA) is 46.9 Å². The highest BCUT2D eigenvalue weighted by Crippen LogP contribution is 2.59. The zero-order valence-electron chi connectivity index (χ0n) is 17.0. The molecule has 5 rings (SSSR count). The minimum atomic E-state index is 0.177. The molecule has 0 unspecified atom stereocenters. The predicted molar refractivity (Wildman–Crippen MR) is 104 cm³/mol. The number of nitrogens with zero attached hydrogens (tertiary/aromatic N) is 2. The van der Waals surface area contributed by atoms with Crippen LogP contribution in [0.15, 0.2) is 0 Å². The summed E-state index contributed by atoms with van der Waals surface area (Å²) >= 11 is 0. The van der Waals surface area contributed by atoms with E-state index in [9.17, 15) is 4.79 Å². The van der Waals surface area contributed by atoms with Crippen molar-refractivity contribution in [2.24, 2.45) is 29.1 Å². The first kappa shape index (κ1) is 18.1. The van der Waals surface area contributed by atoms with Crippen LogP contribution in [-0.2, 0) is 17.8 Å². The van der Waals surface area contributed by atoms with Crippen molar-refractivity contribution in [2.75, 3.05) is 6.54 Å². The van der Waals surface area contributed by atoms with Gasteiger partial charge in [-0.3, -0.25) is 9.48 Å². The fourth-order valence-electron chi connectivity index (χ4n) is 6.53. The highest BCUT2D eigenvalue weighted by molar-refractivity contribution is 5.79. The van der Waals surface area contributed by atoms with E-state index in [4.69, 9.17) is 0 Å². The van der Waals surface area contributed by atoms with Gasteiger partial charge in [0.05, 0.1) is 12.1 Å². The number of nitrogens with one attached hydrogen (secondary N) is 1. The molecule has 1 amide bonds. The van der Waals surface area contributed by atoms with Crippen LogP contribution in [0.1, 0.15) is 69.3 Å². The molecule has 0 saturated heterocycles. The molecular weight excluding hydrogens is 322 g/mol. The van der Waals surface area contributed by atoms with Crippen LogP contribution in [-0.4, -0.2) is 22.2 Å². The summed E-state index contributed by atoms with van der Waals surface area (Å²) in [5, 5.41) is 7.97. The van der Waals surface area contributed by atoms with Crippen LogP contribution in [0.3, 0.4) is 0 Å². The van der Waals surface area contributed by atoms with Gasteiger partial charge in [0.2, 0.25) is 5.91 Å².